The van der Waals surface area contributed by atoms with Crippen molar-refractivity contribution >= 4 is 11.8 Å². The van der Waals surface area contributed by atoms with Gasteiger partial charge in [0.2, 0.25) is 5.91 Å². The van der Waals surface area contributed by atoms with Gasteiger partial charge in [-0.3, -0.25) is 14.5 Å². The summed E-state index contributed by atoms with van der Waals surface area (Å²) >= 11 is 0. The molecule has 2 aliphatic rings. The SMILES string of the molecule is COc1ccc(CN(C)C(=O)CN2CCN(C(=O)C3CCCO3)CC2)cc1F. The van der Waals surface area contributed by atoms with E-state index in [1.165, 1.54) is 13.2 Å². The Kier molecular flexibility index (Phi) is 6.85. The minimum absolute atomic E-state index is 0.0323. The number of piperazine rings is 1. The Morgan fingerprint density at radius 3 is 2.64 bits per heavy atom. The first-order valence-electron chi connectivity index (χ1n) is 9.67. The molecule has 28 heavy (non-hydrogen) atoms. The van der Waals surface area contributed by atoms with E-state index in [1.54, 1.807) is 24.1 Å². The molecule has 154 valence electrons. The summed E-state index contributed by atoms with van der Waals surface area (Å²) in [4.78, 5) is 30.4. The molecule has 1 unspecified atom stereocenters. The number of hydrogen-bond donors (Lipinski definition) is 0. The van der Waals surface area contributed by atoms with Crippen molar-refractivity contribution in [2.45, 2.75) is 25.5 Å². The van der Waals surface area contributed by atoms with E-state index in [9.17, 15) is 14.0 Å². The molecule has 0 aliphatic carbocycles. The first kappa shape index (κ1) is 20.5. The van der Waals surface area contributed by atoms with Gasteiger partial charge in [-0.15, -0.1) is 0 Å². The molecule has 1 aromatic carbocycles. The molecule has 0 radical (unpaired) electrons. The Balaban J connectivity index is 1.44. The number of hydrogen-bond acceptors (Lipinski definition) is 5. The van der Waals surface area contributed by atoms with Crippen molar-refractivity contribution in [1.29, 1.82) is 0 Å². The molecule has 0 saturated carbocycles. The number of benzene rings is 1. The first-order chi connectivity index (χ1) is 13.5. The van der Waals surface area contributed by atoms with Crippen LogP contribution in [0.25, 0.3) is 0 Å². The fraction of sp³-hybridized carbons (Fsp3) is 0.600. The fourth-order valence-corrected chi connectivity index (χ4v) is 3.58. The molecule has 2 fully saturated rings. The van der Waals surface area contributed by atoms with Gasteiger partial charge in [0, 0.05) is 46.4 Å². The van der Waals surface area contributed by atoms with Crippen molar-refractivity contribution in [3.8, 4) is 5.75 Å². The lowest BCUT2D eigenvalue weighted by atomic mass is 10.2. The highest BCUT2D eigenvalue weighted by molar-refractivity contribution is 5.81. The average molecular weight is 393 g/mol. The van der Waals surface area contributed by atoms with Crippen LogP contribution in [0.2, 0.25) is 0 Å². The van der Waals surface area contributed by atoms with Crippen LogP contribution in [0, 0.1) is 5.82 Å². The third-order valence-corrected chi connectivity index (χ3v) is 5.31. The zero-order chi connectivity index (χ0) is 20.1. The fourth-order valence-electron chi connectivity index (χ4n) is 3.58. The van der Waals surface area contributed by atoms with Gasteiger partial charge >= 0.3 is 0 Å². The van der Waals surface area contributed by atoms with Gasteiger partial charge in [-0.2, -0.15) is 0 Å². The molecule has 2 heterocycles. The molecular weight excluding hydrogens is 365 g/mol. The lowest BCUT2D eigenvalue weighted by molar-refractivity contribution is -0.143. The molecule has 0 bridgehead atoms. The molecule has 0 N–H and O–H groups in total. The molecule has 1 aromatic rings. The molecule has 2 amide bonds. The lowest BCUT2D eigenvalue weighted by Crippen LogP contribution is -2.53. The van der Waals surface area contributed by atoms with E-state index < -0.39 is 5.82 Å². The first-order valence-corrected chi connectivity index (χ1v) is 9.67. The summed E-state index contributed by atoms with van der Waals surface area (Å²) in [6.45, 7) is 3.83. The molecule has 0 spiro atoms. The number of carbonyl (C=O) groups excluding carboxylic acids is 2. The third-order valence-electron chi connectivity index (χ3n) is 5.31. The minimum atomic E-state index is -0.437. The predicted octanol–water partition coefficient (Wildman–Crippen LogP) is 1.12. The monoisotopic (exact) mass is 393 g/mol. The molecular formula is C20H28FN3O4. The van der Waals surface area contributed by atoms with Crippen molar-refractivity contribution in [3.63, 3.8) is 0 Å². The van der Waals surface area contributed by atoms with E-state index in [-0.39, 0.29) is 30.2 Å². The van der Waals surface area contributed by atoms with Gasteiger partial charge in [0.1, 0.15) is 6.10 Å². The standard InChI is InChI=1S/C20H28FN3O4/c1-22(13-15-5-6-17(27-2)16(21)12-15)19(25)14-23-7-9-24(10-8-23)20(26)18-4-3-11-28-18/h5-6,12,18H,3-4,7-11,13-14H2,1-2H3. The topological polar surface area (TPSA) is 62.3 Å². The molecule has 3 rings (SSSR count). The van der Waals surface area contributed by atoms with Gasteiger partial charge in [-0.1, -0.05) is 6.07 Å². The van der Waals surface area contributed by atoms with Crippen LogP contribution in [0.1, 0.15) is 18.4 Å². The van der Waals surface area contributed by atoms with E-state index in [0.29, 0.717) is 44.9 Å². The normalized spacial score (nSPS) is 20.2. The van der Waals surface area contributed by atoms with Gasteiger partial charge < -0.3 is 19.3 Å². The minimum Gasteiger partial charge on any atom is -0.494 e. The second kappa shape index (κ2) is 9.34. The van der Waals surface area contributed by atoms with E-state index in [0.717, 1.165) is 12.8 Å². The molecule has 1 atom stereocenters. The van der Waals surface area contributed by atoms with E-state index in [4.69, 9.17) is 9.47 Å². The number of carbonyl (C=O) groups is 2. The molecule has 0 aromatic heterocycles. The summed E-state index contributed by atoms with van der Waals surface area (Å²) in [5, 5.41) is 0. The molecule has 7 nitrogen and oxygen atoms in total. The number of ether oxygens (including phenoxy) is 2. The van der Waals surface area contributed by atoms with Crippen molar-refractivity contribution < 1.29 is 23.5 Å². The van der Waals surface area contributed by atoms with Crippen LogP contribution in [0.4, 0.5) is 4.39 Å². The van der Waals surface area contributed by atoms with Gasteiger partial charge in [0.05, 0.1) is 13.7 Å². The Morgan fingerprint density at radius 2 is 2.04 bits per heavy atom. The maximum atomic E-state index is 13.8. The Bertz CT molecular complexity index is 701. The quantitative estimate of drug-likeness (QED) is 0.725. The van der Waals surface area contributed by atoms with Gasteiger partial charge in [0.15, 0.2) is 11.6 Å². The smallest absolute Gasteiger partial charge is 0.251 e. The second-order valence-electron chi connectivity index (χ2n) is 7.32. The Labute approximate surface area is 165 Å². The van der Waals surface area contributed by atoms with Crippen LogP contribution in [-0.4, -0.2) is 86.1 Å². The molecule has 2 saturated heterocycles. The maximum absolute atomic E-state index is 13.8. The van der Waals surface area contributed by atoms with Crippen molar-refractivity contribution in [3.05, 3.63) is 29.6 Å². The average Bonchev–Trinajstić information content (AvgIpc) is 3.23. The van der Waals surface area contributed by atoms with Gasteiger partial charge in [-0.25, -0.2) is 4.39 Å². The van der Waals surface area contributed by atoms with E-state index in [2.05, 4.69) is 0 Å². The number of nitrogens with zero attached hydrogens (tertiary/aromatic N) is 3. The number of likely N-dealkylation sites (N-methyl/N-ethyl adjacent to an activating group) is 1. The van der Waals surface area contributed by atoms with E-state index >= 15 is 0 Å². The second-order valence-corrected chi connectivity index (χ2v) is 7.32. The third kappa shape index (κ3) is 4.99. The number of methoxy groups -OCH3 is 1. The summed E-state index contributed by atoms with van der Waals surface area (Å²) in [7, 11) is 3.13. The van der Waals surface area contributed by atoms with Crippen molar-refractivity contribution in [2.75, 3.05) is 53.5 Å². The predicted molar refractivity (Wildman–Crippen MR) is 101 cm³/mol. The van der Waals surface area contributed by atoms with Crippen LogP contribution in [0.15, 0.2) is 18.2 Å². The molecule has 2 aliphatic heterocycles. The lowest BCUT2D eigenvalue weighted by Gasteiger charge is -2.36. The van der Waals surface area contributed by atoms with E-state index in [1.807, 2.05) is 9.80 Å². The summed E-state index contributed by atoms with van der Waals surface area (Å²) < 4.78 is 24.2. The summed E-state index contributed by atoms with van der Waals surface area (Å²) in [6.07, 6.45) is 1.45. The number of halogens is 1. The molecule has 8 heteroatoms. The highest BCUT2D eigenvalue weighted by Gasteiger charge is 2.30. The maximum Gasteiger partial charge on any atom is 0.251 e. The van der Waals surface area contributed by atoms with Crippen molar-refractivity contribution in [2.24, 2.45) is 0 Å². The van der Waals surface area contributed by atoms with Crippen LogP contribution in [0.3, 0.4) is 0 Å². The summed E-state index contributed by atoms with van der Waals surface area (Å²) in [6, 6.07) is 4.70. The van der Waals surface area contributed by atoms with Crippen molar-refractivity contribution in [1.82, 2.24) is 14.7 Å². The van der Waals surface area contributed by atoms with Crippen LogP contribution in [-0.2, 0) is 20.9 Å². The Hall–Kier alpha value is -2.19. The van der Waals surface area contributed by atoms with Crippen LogP contribution in [0.5, 0.6) is 5.75 Å². The highest BCUT2D eigenvalue weighted by Crippen LogP contribution is 2.19. The van der Waals surface area contributed by atoms with Gasteiger partial charge in [0.25, 0.3) is 5.91 Å². The Morgan fingerprint density at radius 1 is 1.29 bits per heavy atom. The van der Waals surface area contributed by atoms with Crippen LogP contribution < -0.4 is 4.74 Å². The zero-order valence-electron chi connectivity index (χ0n) is 16.5. The van der Waals surface area contributed by atoms with Crippen LogP contribution >= 0.6 is 0 Å². The van der Waals surface area contributed by atoms with Gasteiger partial charge in [-0.05, 0) is 30.5 Å². The zero-order valence-corrected chi connectivity index (χ0v) is 16.5. The summed E-state index contributed by atoms with van der Waals surface area (Å²) in [5.74, 6) is -0.210. The number of rotatable bonds is 6. The highest BCUT2D eigenvalue weighted by atomic mass is 19.1. The number of amides is 2. The summed E-state index contributed by atoms with van der Waals surface area (Å²) in [5.41, 5.74) is 0.709. The largest absolute Gasteiger partial charge is 0.494 e.